The van der Waals surface area contributed by atoms with Gasteiger partial charge in [0.1, 0.15) is 11.4 Å². The summed E-state index contributed by atoms with van der Waals surface area (Å²) in [5.74, 6) is -2.01. The maximum atomic E-state index is 12.5. The van der Waals surface area contributed by atoms with Gasteiger partial charge in [-0.25, -0.2) is 13.2 Å². The van der Waals surface area contributed by atoms with Gasteiger partial charge in [0.2, 0.25) is 10.0 Å². The first-order valence-electron chi connectivity index (χ1n) is 5.83. The first-order valence-corrected chi connectivity index (χ1v) is 7.65. The number of aromatic carboxylic acids is 1. The predicted molar refractivity (Wildman–Crippen MR) is 74.9 cm³/mol. The van der Waals surface area contributed by atoms with E-state index in [1.807, 2.05) is 0 Å². The maximum absolute atomic E-state index is 12.5. The Bertz CT molecular complexity index is 658. The van der Waals surface area contributed by atoms with Crippen LogP contribution < -0.4 is 0 Å². The summed E-state index contributed by atoms with van der Waals surface area (Å²) in [6.45, 7) is 1.06. The molecule has 0 atom stereocenters. The van der Waals surface area contributed by atoms with Crippen molar-refractivity contribution in [2.75, 3.05) is 20.2 Å². The van der Waals surface area contributed by atoms with E-state index in [4.69, 9.17) is 16.7 Å². The van der Waals surface area contributed by atoms with Gasteiger partial charge in [0.15, 0.2) is 0 Å². The molecule has 0 spiro atoms. The third-order valence-corrected chi connectivity index (χ3v) is 5.08. The highest BCUT2D eigenvalue weighted by Gasteiger charge is 2.28. The number of hydrogen-bond donors (Lipinski definition) is 1. The molecule has 0 aliphatic carbocycles. The number of carbonyl (C=O) groups is 2. The van der Waals surface area contributed by atoms with Crippen molar-refractivity contribution in [1.82, 2.24) is 4.31 Å². The summed E-state index contributed by atoms with van der Waals surface area (Å²) in [4.78, 5) is 21.8. The summed E-state index contributed by atoms with van der Waals surface area (Å²) >= 11 is 5.84. The van der Waals surface area contributed by atoms with Crippen molar-refractivity contribution in [2.24, 2.45) is 0 Å². The number of carboxylic acids is 1. The number of halogens is 1. The monoisotopic (exact) mass is 335 g/mol. The fraction of sp³-hybridized carbons (Fsp3) is 0.333. The highest BCUT2D eigenvalue weighted by Crippen LogP contribution is 2.26. The third-order valence-electron chi connectivity index (χ3n) is 2.68. The third kappa shape index (κ3) is 3.93. The topological polar surface area (TPSA) is 101 Å². The lowest BCUT2D eigenvalue weighted by Gasteiger charge is -2.20. The minimum Gasteiger partial charge on any atom is -0.478 e. The van der Waals surface area contributed by atoms with Crippen molar-refractivity contribution in [3.8, 4) is 0 Å². The molecule has 0 aliphatic rings. The summed E-state index contributed by atoms with van der Waals surface area (Å²) in [6.07, 6.45) is 0. The Kier molecular flexibility index (Phi) is 5.70. The molecule has 116 valence electrons. The number of benzene rings is 1. The Hall–Kier alpha value is -1.64. The van der Waals surface area contributed by atoms with Gasteiger partial charge in [-0.05, 0) is 18.2 Å². The van der Waals surface area contributed by atoms with Crippen LogP contribution in [-0.2, 0) is 19.6 Å². The summed E-state index contributed by atoms with van der Waals surface area (Å²) in [7, 11) is -2.97. The molecule has 21 heavy (non-hydrogen) atoms. The summed E-state index contributed by atoms with van der Waals surface area (Å²) in [5, 5.41) is 8.80. The number of nitrogens with zero attached hydrogens (tertiary/aromatic N) is 1. The largest absolute Gasteiger partial charge is 0.478 e. The molecule has 1 rings (SSSR count). The Morgan fingerprint density at radius 1 is 1.38 bits per heavy atom. The van der Waals surface area contributed by atoms with Crippen molar-refractivity contribution in [1.29, 1.82) is 0 Å². The average molecular weight is 336 g/mol. The van der Waals surface area contributed by atoms with Crippen LogP contribution in [0.2, 0.25) is 5.02 Å². The van der Waals surface area contributed by atoms with E-state index in [0.717, 1.165) is 17.5 Å². The van der Waals surface area contributed by atoms with Crippen molar-refractivity contribution in [3.63, 3.8) is 0 Å². The van der Waals surface area contributed by atoms with Gasteiger partial charge in [0, 0.05) is 6.54 Å². The summed E-state index contributed by atoms with van der Waals surface area (Å²) in [5.41, 5.74) is -0.216. The number of carbonyl (C=O) groups excluding carboxylic acids is 1. The van der Waals surface area contributed by atoms with Crippen molar-refractivity contribution in [2.45, 2.75) is 11.8 Å². The molecule has 0 fully saturated rings. The SMILES string of the molecule is CCN(CC(=O)OC)S(=O)(=O)c1cc(C(=O)O)ccc1Cl. The second kappa shape index (κ2) is 6.88. The van der Waals surface area contributed by atoms with Crippen LogP contribution in [0.5, 0.6) is 0 Å². The van der Waals surface area contributed by atoms with Gasteiger partial charge in [-0.1, -0.05) is 18.5 Å². The van der Waals surface area contributed by atoms with Crippen LogP contribution in [0.15, 0.2) is 23.1 Å². The number of esters is 1. The van der Waals surface area contributed by atoms with Gasteiger partial charge in [0.05, 0.1) is 17.7 Å². The van der Waals surface area contributed by atoms with Crippen molar-refractivity contribution < 1.29 is 27.9 Å². The number of hydrogen-bond acceptors (Lipinski definition) is 5. The van der Waals surface area contributed by atoms with Crippen LogP contribution in [0.1, 0.15) is 17.3 Å². The molecule has 0 heterocycles. The normalized spacial score (nSPS) is 11.4. The highest BCUT2D eigenvalue weighted by molar-refractivity contribution is 7.89. The Labute approximate surface area is 127 Å². The molecule has 0 saturated heterocycles. The lowest BCUT2D eigenvalue weighted by Crippen LogP contribution is -2.36. The van der Waals surface area contributed by atoms with Crippen LogP contribution >= 0.6 is 11.6 Å². The first kappa shape index (κ1) is 17.4. The number of carboxylic acid groups (broad SMARTS) is 1. The lowest BCUT2D eigenvalue weighted by molar-refractivity contribution is -0.140. The fourth-order valence-electron chi connectivity index (χ4n) is 1.55. The number of sulfonamides is 1. The van der Waals surface area contributed by atoms with E-state index in [-0.39, 0.29) is 22.0 Å². The molecule has 0 amide bonds. The smallest absolute Gasteiger partial charge is 0.335 e. The van der Waals surface area contributed by atoms with Crippen LogP contribution in [0.25, 0.3) is 0 Å². The average Bonchev–Trinajstić information content (AvgIpc) is 2.44. The molecule has 0 unspecified atom stereocenters. The molecule has 0 aliphatic heterocycles. The Balaban J connectivity index is 3.31. The molecular formula is C12H14ClNO6S. The van der Waals surface area contributed by atoms with E-state index < -0.39 is 28.5 Å². The van der Waals surface area contributed by atoms with E-state index in [2.05, 4.69) is 4.74 Å². The van der Waals surface area contributed by atoms with Gasteiger partial charge in [-0.15, -0.1) is 0 Å². The summed E-state index contributed by atoms with van der Waals surface area (Å²) < 4.78 is 30.2. The van der Waals surface area contributed by atoms with Crippen LogP contribution in [0, 0.1) is 0 Å². The molecule has 1 aromatic carbocycles. The van der Waals surface area contributed by atoms with Crippen molar-refractivity contribution >= 4 is 33.6 Å². The van der Waals surface area contributed by atoms with Gasteiger partial charge < -0.3 is 9.84 Å². The first-order chi connectivity index (χ1) is 9.73. The quantitative estimate of drug-likeness (QED) is 0.784. The minimum absolute atomic E-state index is 0.00502. The van der Waals surface area contributed by atoms with E-state index in [9.17, 15) is 18.0 Å². The number of rotatable bonds is 6. The zero-order valence-corrected chi connectivity index (χ0v) is 12.9. The molecule has 1 aromatic rings. The molecule has 0 saturated carbocycles. The van der Waals surface area contributed by atoms with Gasteiger partial charge in [0.25, 0.3) is 0 Å². The summed E-state index contributed by atoms with van der Waals surface area (Å²) in [6, 6.07) is 3.34. The molecule has 0 bridgehead atoms. The molecular weight excluding hydrogens is 322 g/mol. The van der Waals surface area contributed by atoms with E-state index in [0.29, 0.717) is 0 Å². The van der Waals surface area contributed by atoms with Crippen LogP contribution in [0.3, 0.4) is 0 Å². The van der Waals surface area contributed by atoms with Gasteiger partial charge in [-0.3, -0.25) is 4.79 Å². The van der Waals surface area contributed by atoms with Gasteiger partial charge in [-0.2, -0.15) is 4.31 Å². The molecule has 0 radical (unpaired) electrons. The number of likely N-dealkylation sites (N-methyl/N-ethyl adjacent to an activating group) is 1. The van der Waals surface area contributed by atoms with E-state index >= 15 is 0 Å². The number of ether oxygens (including phenoxy) is 1. The van der Waals surface area contributed by atoms with E-state index in [1.165, 1.54) is 19.1 Å². The molecule has 1 N–H and O–H groups in total. The zero-order valence-electron chi connectivity index (χ0n) is 11.4. The van der Waals surface area contributed by atoms with Crippen LogP contribution in [0.4, 0.5) is 0 Å². The van der Waals surface area contributed by atoms with E-state index in [1.54, 1.807) is 0 Å². The second-order valence-electron chi connectivity index (χ2n) is 3.96. The molecule has 7 nitrogen and oxygen atoms in total. The Morgan fingerprint density at radius 3 is 2.48 bits per heavy atom. The van der Waals surface area contributed by atoms with Crippen molar-refractivity contribution in [3.05, 3.63) is 28.8 Å². The fourth-order valence-corrected chi connectivity index (χ4v) is 3.44. The lowest BCUT2D eigenvalue weighted by atomic mass is 10.2. The number of methoxy groups -OCH3 is 1. The predicted octanol–water partition coefficient (Wildman–Crippen LogP) is 1.22. The van der Waals surface area contributed by atoms with Crippen LogP contribution in [-0.4, -0.2) is 50.0 Å². The molecule has 0 aromatic heterocycles. The zero-order chi connectivity index (χ0) is 16.2. The minimum atomic E-state index is -4.11. The second-order valence-corrected chi connectivity index (χ2v) is 6.27. The Morgan fingerprint density at radius 2 is 2.00 bits per heavy atom. The molecule has 9 heteroatoms. The maximum Gasteiger partial charge on any atom is 0.335 e. The van der Waals surface area contributed by atoms with Gasteiger partial charge >= 0.3 is 11.9 Å². The standard InChI is InChI=1S/C12H14ClNO6S/c1-3-14(7-11(15)20-2)21(18,19)10-6-8(12(16)17)4-5-9(10)13/h4-6H,3,7H2,1-2H3,(H,16,17). The highest BCUT2D eigenvalue weighted by atomic mass is 35.5.